The molecule has 0 unspecified atom stereocenters. The van der Waals surface area contributed by atoms with Gasteiger partial charge in [0.2, 0.25) is 0 Å². The second-order valence-corrected chi connectivity index (χ2v) is 4.79. The van der Waals surface area contributed by atoms with Crippen molar-refractivity contribution >= 4 is 21.4 Å². The van der Waals surface area contributed by atoms with E-state index >= 15 is 0 Å². The number of aromatic nitrogens is 3. The van der Waals surface area contributed by atoms with E-state index in [0.29, 0.717) is 6.54 Å². The quantitative estimate of drug-likeness (QED) is 0.708. The molecule has 0 saturated carbocycles. The minimum absolute atomic E-state index is 0.0265. The van der Waals surface area contributed by atoms with Crippen molar-refractivity contribution in [3.8, 4) is 11.3 Å². The van der Waals surface area contributed by atoms with Crippen LogP contribution in [0.25, 0.3) is 21.3 Å². The molecule has 0 saturated heterocycles. The number of rotatable bonds is 2. The second-order valence-electron chi connectivity index (χ2n) is 3.87. The van der Waals surface area contributed by atoms with Crippen molar-refractivity contribution in [2.75, 3.05) is 0 Å². The van der Waals surface area contributed by atoms with Crippen LogP contribution >= 0.6 is 11.3 Å². The van der Waals surface area contributed by atoms with Gasteiger partial charge in [-0.3, -0.25) is 9.78 Å². The van der Waals surface area contributed by atoms with Gasteiger partial charge in [0.1, 0.15) is 5.69 Å². The minimum atomic E-state index is -0.0265. The average Bonchev–Trinajstić information content (AvgIpc) is 2.90. The Balaban J connectivity index is 2.39. The van der Waals surface area contributed by atoms with Crippen LogP contribution in [0.4, 0.5) is 0 Å². The third-order valence-electron chi connectivity index (χ3n) is 2.80. The van der Waals surface area contributed by atoms with Crippen LogP contribution in [0.2, 0.25) is 0 Å². The molecule has 0 amide bonds. The number of fused-ring (bicyclic) bond motifs is 1. The monoisotopic (exact) mass is 257 g/mol. The lowest BCUT2D eigenvalue weighted by atomic mass is 10.2. The Kier molecular flexibility index (Phi) is 2.68. The summed E-state index contributed by atoms with van der Waals surface area (Å²) in [6, 6.07) is 5.69. The van der Waals surface area contributed by atoms with E-state index in [1.165, 1.54) is 16.0 Å². The number of nitrogens with zero attached hydrogens (tertiary/aromatic N) is 3. The molecule has 0 spiro atoms. The molecule has 0 radical (unpaired) electrons. The lowest BCUT2D eigenvalue weighted by molar-refractivity contribution is 0.627. The summed E-state index contributed by atoms with van der Waals surface area (Å²) in [7, 11) is 0. The Morgan fingerprint density at radius 2 is 2.28 bits per heavy atom. The molecular weight excluding hydrogens is 246 g/mol. The van der Waals surface area contributed by atoms with E-state index in [2.05, 4.69) is 10.1 Å². The Labute approximate surface area is 108 Å². The van der Waals surface area contributed by atoms with Crippen molar-refractivity contribution in [2.24, 2.45) is 0 Å². The Hall–Kier alpha value is -2.01. The van der Waals surface area contributed by atoms with Crippen LogP contribution in [-0.4, -0.2) is 14.8 Å². The van der Waals surface area contributed by atoms with E-state index in [-0.39, 0.29) is 5.56 Å². The van der Waals surface area contributed by atoms with E-state index in [0.717, 1.165) is 21.3 Å². The summed E-state index contributed by atoms with van der Waals surface area (Å²) in [6.45, 7) is 2.48. The molecule has 3 heterocycles. The molecule has 18 heavy (non-hydrogen) atoms. The van der Waals surface area contributed by atoms with Crippen LogP contribution in [-0.2, 0) is 6.54 Å². The molecule has 90 valence electrons. The largest absolute Gasteiger partial charge is 0.275 e. The average molecular weight is 257 g/mol. The molecular formula is C13H11N3OS. The third-order valence-corrected chi connectivity index (χ3v) is 3.72. The highest BCUT2D eigenvalue weighted by atomic mass is 32.1. The molecule has 5 heteroatoms. The van der Waals surface area contributed by atoms with Gasteiger partial charge in [-0.1, -0.05) is 0 Å². The fourth-order valence-corrected chi connectivity index (χ4v) is 2.81. The van der Waals surface area contributed by atoms with Crippen LogP contribution in [0.3, 0.4) is 0 Å². The van der Waals surface area contributed by atoms with Crippen molar-refractivity contribution < 1.29 is 0 Å². The summed E-state index contributed by atoms with van der Waals surface area (Å²) < 4.78 is 2.43. The molecule has 3 rings (SSSR count). The zero-order valence-electron chi connectivity index (χ0n) is 9.83. The fraction of sp³-hybridized carbons (Fsp3) is 0.154. The van der Waals surface area contributed by atoms with E-state index in [9.17, 15) is 4.79 Å². The Morgan fingerprint density at radius 1 is 1.39 bits per heavy atom. The highest BCUT2D eigenvalue weighted by Crippen LogP contribution is 2.28. The third kappa shape index (κ3) is 1.64. The molecule has 0 N–H and O–H groups in total. The highest BCUT2D eigenvalue weighted by molar-refractivity contribution is 7.17. The molecule has 3 aromatic rings. The van der Waals surface area contributed by atoms with E-state index in [4.69, 9.17) is 0 Å². The van der Waals surface area contributed by atoms with E-state index in [1.807, 2.05) is 30.5 Å². The van der Waals surface area contributed by atoms with Gasteiger partial charge in [0, 0.05) is 24.5 Å². The number of hydrogen-bond acceptors (Lipinski definition) is 4. The Morgan fingerprint density at radius 3 is 3.00 bits per heavy atom. The maximum Gasteiger partial charge on any atom is 0.275 e. The first-order valence-electron chi connectivity index (χ1n) is 5.70. The SMILES string of the molecule is CCn1nc(-c2cccnc2)c2sccc2c1=O. The van der Waals surface area contributed by atoms with Crippen LogP contribution in [0.15, 0.2) is 40.8 Å². The van der Waals surface area contributed by atoms with Crippen LogP contribution in [0.5, 0.6) is 0 Å². The van der Waals surface area contributed by atoms with Gasteiger partial charge in [0.05, 0.1) is 10.1 Å². The summed E-state index contributed by atoms with van der Waals surface area (Å²) in [5.41, 5.74) is 1.74. The molecule has 0 atom stereocenters. The number of thiophene rings is 1. The lowest BCUT2D eigenvalue weighted by Gasteiger charge is -2.06. The predicted octanol–water partition coefficient (Wildman–Crippen LogP) is 2.54. The van der Waals surface area contributed by atoms with Crippen LogP contribution in [0, 0.1) is 0 Å². The smallest absolute Gasteiger partial charge is 0.267 e. The van der Waals surface area contributed by atoms with Gasteiger partial charge in [-0.2, -0.15) is 5.10 Å². The standard InChI is InChI=1S/C13H11N3OS/c1-2-16-13(17)10-5-7-18-12(10)11(15-16)9-4-3-6-14-8-9/h3-8H,2H2,1H3. The van der Waals surface area contributed by atoms with Crippen molar-refractivity contribution in [1.82, 2.24) is 14.8 Å². The minimum Gasteiger partial charge on any atom is -0.267 e. The van der Waals surface area contributed by atoms with Crippen LogP contribution in [0.1, 0.15) is 6.92 Å². The summed E-state index contributed by atoms with van der Waals surface area (Å²) in [4.78, 5) is 16.2. The van der Waals surface area contributed by atoms with Gasteiger partial charge in [-0.15, -0.1) is 11.3 Å². The van der Waals surface area contributed by atoms with Crippen molar-refractivity contribution in [3.05, 3.63) is 46.3 Å². The topological polar surface area (TPSA) is 47.8 Å². The number of hydrogen-bond donors (Lipinski definition) is 0. The first kappa shape index (κ1) is 11.1. The van der Waals surface area contributed by atoms with Crippen molar-refractivity contribution in [1.29, 1.82) is 0 Å². The van der Waals surface area contributed by atoms with Crippen LogP contribution < -0.4 is 5.56 Å². The maximum absolute atomic E-state index is 12.1. The van der Waals surface area contributed by atoms with E-state index in [1.54, 1.807) is 12.4 Å². The summed E-state index contributed by atoms with van der Waals surface area (Å²) in [6.07, 6.45) is 3.50. The van der Waals surface area contributed by atoms with Crippen molar-refractivity contribution in [2.45, 2.75) is 13.5 Å². The summed E-state index contributed by atoms with van der Waals surface area (Å²) in [5.74, 6) is 0. The molecule has 0 aromatic carbocycles. The molecule has 0 aliphatic rings. The van der Waals surface area contributed by atoms with E-state index < -0.39 is 0 Å². The van der Waals surface area contributed by atoms with Gasteiger partial charge in [-0.05, 0) is 30.5 Å². The first-order chi connectivity index (χ1) is 8.81. The zero-order valence-corrected chi connectivity index (χ0v) is 10.6. The molecule has 3 aromatic heterocycles. The van der Waals surface area contributed by atoms with Gasteiger partial charge < -0.3 is 0 Å². The molecule has 4 nitrogen and oxygen atoms in total. The lowest BCUT2D eigenvalue weighted by Crippen LogP contribution is -2.22. The molecule has 0 bridgehead atoms. The summed E-state index contributed by atoms with van der Waals surface area (Å²) in [5, 5.41) is 7.09. The highest BCUT2D eigenvalue weighted by Gasteiger charge is 2.12. The molecule has 0 aliphatic heterocycles. The number of aryl methyl sites for hydroxylation is 1. The van der Waals surface area contributed by atoms with Gasteiger partial charge in [0.25, 0.3) is 5.56 Å². The second kappa shape index (κ2) is 4.34. The van der Waals surface area contributed by atoms with Gasteiger partial charge >= 0.3 is 0 Å². The normalized spacial score (nSPS) is 10.9. The predicted molar refractivity (Wildman–Crippen MR) is 72.8 cm³/mol. The molecule has 0 fully saturated rings. The first-order valence-corrected chi connectivity index (χ1v) is 6.58. The zero-order chi connectivity index (χ0) is 12.5. The van der Waals surface area contributed by atoms with Gasteiger partial charge in [0.15, 0.2) is 0 Å². The maximum atomic E-state index is 12.1. The Bertz CT molecular complexity index is 746. The number of pyridine rings is 1. The fourth-order valence-electron chi connectivity index (χ4n) is 1.92. The summed E-state index contributed by atoms with van der Waals surface area (Å²) >= 11 is 1.54. The van der Waals surface area contributed by atoms with Gasteiger partial charge in [-0.25, -0.2) is 4.68 Å². The van der Waals surface area contributed by atoms with Crippen molar-refractivity contribution in [3.63, 3.8) is 0 Å². The molecule has 0 aliphatic carbocycles.